The largest absolute Gasteiger partial charge is 0.496 e. The molecule has 3 aromatic rings. The average Bonchev–Trinajstić information content (AvgIpc) is 2.89. The summed E-state index contributed by atoms with van der Waals surface area (Å²) in [6, 6.07) is 17.8. The van der Waals surface area contributed by atoms with Gasteiger partial charge in [-0.05, 0) is 72.2 Å². The van der Waals surface area contributed by atoms with Crippen LogP contribution in [0.5, 0.6) is 23.0 Å². The number of hydrogen-bond acceptors (Lipinski definition) is 6. The van der Waals surface area contributed by atoms with Crippen molar-refractivity contribution in [1.29, 1.82) is 0 Å². The van der Waals surface area contributed by atoms with Gasteiger partial charge in [-0.15, -0.1) is 0 Å². The number of carbonyl (C=O) groups excluding carboxylic acids is 1. The van der Waals surface area contributed by atoms with Crippen LogP contribution in [0.1, 0.15) is 32.6 Å². The SMILES string of the molecule is COC(=O)c1ccc(CCc2cccc(CCc3cc(OC)c(OC)c(OC)c3)c2OC)cc1. The number of ether oxygens (including phenoxy) is 5. The van der Waals surface area contributed by atoms with Crippen LogP contribution in [0.4, 0.5) is 0 Å². The fourth-order valence-electron chi connectivity index (χ4n) is 4.06. The first-order valence-corrected chi connectivity index (χ1v) is 11.2. The van der Waals surface area contributed by atoms with Gasteiger partial charge in [-0.2, -0.15) is 0 Å². The zero-order chi connectivity index (χ0) is 24.5. The molecule has 0 N–H and O–H groups in total. The Morgan fingerprint density at radius 3 is 1.62 bits per heavy atom. The van der Waals surface area contributed by atoms with E-state index >= 15 is 0 Å². The highest BCUT2D eigenvalue weighted by Crippen LogP contribution is 2.38. The second kappa shape index (κ2) is 12.0. The fraction of sp³-hybridized carbons (Fsp3) is 0.321. The van der Waals surface area contributed by atoms with Crippen LogP contribution in [0.2, 0.25) is 0 Å². The van der Waals surface area contributed by atoms with E-state index in [4.69, 9.17) is 23.7 Å². The van der Waals surface area contributed by atoms with Crippen molar-refractivity contribution < 1.29 is 28.5 Å². The fourth-order valence-corrected chi connectivity index (χ4v) is 4.06. The molecule has 0 unspecified atom stereocenters. The molecule has 0 aliphatic carbocycles. The maximum atomic E-state index is 11.6. The third-order valence-electron chi connectivity index (χ3n) is 5.85. The summed E-state index contributed by atoms with van der Waals surface area (Å²) in [5.41, 5.74) is 5.10. The number of para-hydroxylation sites is 1. The summed E-state index contributed by atoms with van der Waals surface area (Å²) >= 11 is 0. The van der Waals surface area contributed by atoms with E-state index in [9.17, 15) is 4.79 Å². The van der Waals surface area contributed by atoms with E-state index in [0.717, 1.165) is 53.7 Å². The number of aryl methyl sites for hydroxylation is 4. The molecule has 0 amide bonds. The van der Waals surface area contributed by atoms with Crippen LogP contribution in [-0.2, 0) is 30.4 Å². The van der Waals surface area contributed by atoms with E-state index in [-0.39, 0.29) is 5.97 Å². The van der Waals surface area contributed by atoms with Crippen molar-refractivity contribution >= 4 is 5.97 Å². The molecule has 0 aliphatic heterocycles. The number of esters is 1. The predicted molar refractivity (Wildman–Crippen MR) is 132 cm³/mol. The second-order valence-electron chi connectivity index (χ2n) is 7.83. The summed E-state index contributed by atoms with van der Waals surface area (Å²) in [6.07, 6.45) is 3.28. The van der Waals surface area contributed by atoms with Crippen molar-refractivity contribution in [2.75, 3.05) is 35.5 Å². The van der Waals surface area contributed by atoms with Crippen molar-refractivity contribution in [2.45, 2.75) is 25.7 Å². The molecule has 0 spiro atoms. The maximum Gasteiger partial charge on any atom is 0.337 e. The van der Waals surface area contributed by atoms with E-state index in [1.807, 2.05) is 24.3 Å². The normalized spacial score (nSPS) is 10.5. The lowest BCUT2D eigenvalue weighted by molar-refractivity contribution is 0.0600. The topological polar surface area (TPSA) is 63.2 Å². The minimum Gasteiger partial charge on any atom is -0.496 e. The molecule has 0 bridgehead atoms. The van der Waals surface area contributed by atoms with Gasteiger partial charge in [0.15, 0.2) is 11.5 Å². The van der Waals surface area contributed by atoms with E-state index in [1.54, 1.807) is 40.6 Å². The van der Waals surface area contributed by atoms with Crippen LogP contribution in [0, 0.1) is 0 Å². The Kier molecular flexibility index (Phi) is 8.79. The van der Waals surface area contributed by atoms with Crippen LogP contribution in [0.3, 0.4) is 0 Å². The smallest absolute Gasteiger partial charge is 0.337 e. The predicted octanol–water partition coefficient (Wildman–Crippen LogP) is 5.08. The first kappa shape index (κ1) is 25.0. The van der Waals surface area contributed by atoms with Crippen LogP contribution >= 0.6 is 0 Å². The van der Waals surface area contributed by atoms with E-state index in [1.165, 1.54) is 7.11 Å². The Balaban J connectivity index is 1.73. The second-order valence-corrected chi connectivity index (χ2v) is 7.83. The molecule has 6 nitrogen and oxygen atoms in total. The Bertz CT molecular complexity index is 1080. The van der Waals surface area contributed by atoms with Crippen LogP contribution in [0.25, 0.3) is 0 Å². The molecule has 0 atom stereocenters. The monoisotopic (exact) mass is 464 g/mol. The van der Waals surface area contributed by atoms with Crippen LogP contribution < -0.4 is 18.9 Å². The first-order valence-electron chi connectivity index (χ1n) is 11.2. The molecular weight excluding hydrogens is 432 g/mol. The van der Waals surface area contributed by atoms with Crippen LogP contribution in [0.15, 0.2) is 54.6 Å². The quantitative estimate of drug-likeness (QED) is 0.369. The number of carbonyl (C=O) groups is 1. The van der Waals surface area contributed by atoms with Gasteiger partial charge in [0.05, 0.1) is 41.1 Å². The van der Waals surface area contributed by atoms with Crippen molar-refractivity contribution in [3.8, 4) is 23.0 Å². The van der Waals surface area contributed by atoms with E-state index < -0.39 is 0 Å². The lowest BCUT2D eigenvalue weighted by Gasteiger charge is -2.16. The Hall–Kier alpha value is -3.67. The van der Waals surface area contributed by atoms with E-state index in [0.29, 0.717) is 22.8 Å². The molecule has 34 heavy (non-hydrogen) atoms. The molecule has 6 heteroatoms. The molecule has 0 aromatic heterocycles. The van der Waals surface area contributed by atoms with Crippen molar-refractivity contribution in [3.05, 3.63) is 82.4 Å². The molecule has 3 aromatic carbocycles. The molecule has 0 radical (unpaired) electrons. The number of hydrogen-bond donors (Lipinski definition) is 0. The van der Waals surface area contributed by atoms with Gasteiger partial charge in [0.25, 0.3) is 0 Å². The van der Waals surface area contributed by atoms with Gasteiger partial charge in [-0.25, -0.2) is 4.79 Å². The van der Waals surface area contributed by atoms with Gasteiger partial charge < -0.3 is 23.7 Å². The maximum absolute atomic E-state index is 11.6. The summed E-state index contributed by atoms with van der Waals surface area (Å²) < 4.78 is 27.0. The summed E-state index contributed by atoms with van der Waals surface area (Å²) in [6.45, 7) is 0. The van der Waals surface area contributed by atoms with Gasteiger partial charge in [-0.1, -0.05) is 30.3 Å². The first-order chi connectivity index (χ1) is 16.5. The zero-order valence-corrected chi connectivity index (χ0v) is 20.5. The van der Waals surface area contributed by atoms with Gasteiger partial charge in [0, 0.05) is 0 Å². The molecule has 0 heterocycles. The number of benzene rings is 3. The lowest BCUT2D eigenvalue weighted by atomic mass is 9.97. The lowest BCUT2D eigenvalue weighted by Crippen LogP contribution is -2.03. The van der Waals surface area contributed by atoms with E-state index in [2.05, 4.69) is 18.2 Å². The standard InChI is InChI=1S/C28H32O6/c1-30-24-17-20(18-25(31-2)27(24)33-4)12-14-22-8-6-7-21(26(22)32-3)13-9-19-10-15-23(16-11-19)28(29)34-5/h6-8,10-11,15-18H,9,12-14H2,1-5H3. The molecule has 180 valence electrons. The van der Waals surface area contributed by atoms with Crippen LogP contribution in [-0.4, -0.2) is 41.5 Å². The van der Waals surface area contributed by atoms with Gasteiger partial charge >= 0.3 is 5.97 Å². The van der Waals surface area contributed by atoms with Gasteiger partial charge in [-0.3, -0.25) is 0 Å². The average molecular weight is 465 g/mol. The molecule has 0 fully saturated rings. The molecular formula is C28H32O6. The Labute approximate surface area is 201 Å². The summed E-state index contributed by atoms with van der Waals surface area (Å²) in [5.74, 6) is 2.48. The third-order valence-corrected chi connectivity index (χ3v) is 5.85. The summed E-state index contributed by atoms with van der Waals surface area (Å²) in [5, 5.41) is 0. The Morgan fingerprint density at radius 1 is 0.618 bits per heavy atom. The molecule has 0 saturated carbocycles. The molecule has 3 rings (SSSR count). The van der Waals surface area contributed by atoms with Crippen molar-refractivity contribution in [3.63, 3.8) is 0 Å². The van der Waals surface area contributed by atoms with Gasteiger partial charge in [0.2, 0.25) is 5.75 Å². The summed E-state index contributed by atoms with van der Waals surface area (Å²) in [4.78, 5) is 11.6. The number of rotatable bonds is 11. The minimum absolute atomic E-state index is 0.326. The minimum atomic E-state index is -0.326. The number of methoxy groups -OCH3 is 5. The highest BCUT2D eigenvalue weighted by atomic mass is 16.5. The molecule has 0 saturated heterocycles. The van der Waals surface area contributed by atoms with Gasteiger partial charge in [0.1, 0.15) is 5.75 Å². The summed E-state index contributed by atoms with van der Waals surface area (Å²) in [7, 11) is 7.95. The molecule has 0 aliphatic rings. The van der Waals surface area contributed by atoms with Crippen molar-refractivity contribution in [2.24, 2.45) is 0 Å². The zero-order valence-electron chi connectivity index (χ0n) is 20.5. The Morgan fingerprint density at radius 2 is 1.15 bits per heavy atom. The highest BCUT2D eigenvalue weighted by molar-refractivity contribution is 5.89. The van der Waals surface area contributed by atoms with Crippen molar-refractivity contribution in [1.82, 2.24) is 0 Å². The third kappa shape index (κ3) is 5.81. The highest BCUT2D eigenvalue weighted by Gasteiger charge is 2.15.